The van der Waals surface area contributed by atoms with Gasteiger partial charge in [0, 0.05) is 24.2 Å². The molecule has 1 aromatic heterocycles. The molecule has 0 aliphatic heterocycles. The Morgan fingerprint density at radius 1 is 1.10 bits per heavy atom. The Morgan fingerprint density at radius 3 is 2.45 bits per heavy atom. The number of benzene rings is 2. The maximum absolute atomic E-state index is 13.7. The van der Waals surface area contributed by atoms with Crippen LogP contribution in [0.2, 0.25) is 0 Å². The molecule has 5 nitrogen and oxygen atoms in total. The highest BCUT2D eigenvalue weighted by Gasteiger charge is 2.36. The predicted octanol–water partition coefficient (Wildman–Crippen LogP) is 4.80. The number of carbonyl (C=O) groups is 1. The van der Waals surface area contributed by atoms with Gasteiger partial charge in [0.15, 0.2) is 21.4 Å². The number of carbonyl (C=O) groups excluding carboxylic acids is 1. The highest BCUT2D eigenvalue weighted by atomic mass is 32.2. The second-order valence-corrected chi connectivity index (χ2v) is 9.58. The lowest BCUT2D eigenvalue weighted by Crippen LogP contribution is -2.15. The minimum Gasteiger partial charge on any atom is -0.360 e. The summed E-state index contributed by atoms with van der Waals surface area (Å²) < 4.78 is 70.6. The van der Waals surface area contributed by atoms with E-state index in [2.05, 4.69) is 5.16 Å². The van der Waals surface area contributed by atoms with Crippen LogP contribution in [0.3, 0.4) is 0 Å². The number of hydrogen-bond acceptors (Lipinski definition) is 5. The molecule has 31 heavy (non-hydrogen) atoms. The molecular formula is C22H18F3NO4S. The molecule has 0 bridgehead atoms. The van der Waals surface area contributed by atoms with Crippen molar-refractivity contribution in [1.29, 1.82) is 0 Å². The van der Waals surface area contributed by atoms with Crippen molar-refractivity contribution in [2.75, 3.05) is 6.26 Å². The van der Waals surface area contributed by atoms with Crippen LogP contribution in [-0.2, 0) is 22.4 Å². The van der Waals surface area contributed by atoms with Crippen molar-refractivity contribution in [3.63, 3.8) is 0 Å². The molecule has 0 amide bonds. The lowest BCUT2D eigenvalue weighted by Gasteiger charge is -2.17. The van der Waals surface area contributed by atoms with E-state index in [4.69, 9.17) is 4.52 Å². The molecule has 1 fully saturated rings. The monoisotopic (exact) mass is 449 g/mol. The number of halogens is 3. The Kier molecular flexibility index (Phi) is 5.25. The van der Waals surface area contributed by atoms with E-state index in [1.165, 1.54) is 18.3 Å². The van der Waals surface area contributed by atoms with Gasteiger partial charge in [0.25, 0.3) is 0 Å². The molecule has 0 saturated heterocycles. The number of aromatic nitrogens is 1. The van der Waals surface area contributed by atoms with E-state index in [0.717, 1.165) is 37.3 Å². The van der Waals surface area contributed by atoms with Gasteiger partial charge in [-0.2, -0.15) is 13.2 Å². The fourth-order valence-corrected chi connectivity index (χ4v) is 4.61. The third-order valence-corrected chi connectivity index (χ3v) is 6.44. The molecule has 0 unspecified atom stereocenters. The highest BCUT2D eigenvalue weighted by molar-refractivity contribution is 7.90. The molecule has 1 aliphatic rings. The molecule has 1 saturated carbocycles. The summed E-state index contributed by atoms with van der Waals surface area (Å²) in [6.45, 7) is 0. The number of hydrogen-bond donors (Lipinski definition) is 0. The number of ketones is 1. The molecule has 162 valence electrons. The van der Waals surface area contributed by atoms with Crippen molar-refractivity contribution >= 4 is 15.6 Å². The van der Waals surface area contributed by atoms with Gasteiger partial charge in [-0.25, -0.2) is 8.42 Å². The minimum atomic E-state index is -4.75. The van der Waals surface area contributed by atoms with Crippen LogP contribution in [0.5, 0.6) is 0 Å². The van der Waals surface area contributed by atoms with E-state index in [9.17, 15) is 26.4 Å². The normalized spacial score (nSPS) is 14.6. The molecule has 0 spiro atoms. The van der Waals surface area contributed by atoms with Gasteiger partial charge in [0.2, 0.25) is 0 Å². The average molecular weight is 449 g/mol. The summed E-state index contributed by atoms with van der Waals surface area (Å²) in [7, 11) is -3.93. The first kappa shape index (κ1) is 21.3. The summed E-state index contributed by atoms with van der Waals surface area (Å²) in [5, 5.41) is 3.71. The van der Waals surface area contributed by atoms with Gasteiger partial charge >= 0.3 is 6.18 Å². The van der Waals surface area contributed by atoms with Crippen LogP contribution >= 0.6 is 0 Å². The van der Waals surface area contributed by atoms with Crippen molar-refractivity contribution in [2.45, 2.75) is 36.3 Å². The third kappa shape index (κ3) is 4.27. The summed E-state index contributed by atoms with van der Waals surface area (Å²) >= 11 is 0. The van der Waals surface area contributed by atoms with E-state index in [1.807, 2.05) is 0 Å². The van der Waals surface area contributed by atoms with Crippen LogP contribution in [0, 0.1) is 0 Å². The fraction of sp³-hybridized carbons (Fsp3) is 0.273. The molecule has 0 atom stereocenters. The maximum atomic E-state index is 13.7. The Labute approximate surface area is 176 Å². The Morgan fingerprint density at radius 2 is 1.81 bits per heavy atom. The maximum Gasteiger partial charge on any atom is 0.416 e. The smallest absolute Gasteiger partial charge is 0.360 e. The van der Waals surface area contributed by atoms with Crippen molar-refractivity contribution in [2.24, 2.45) is 0 Å². The zero-order valence-corrected chi connectivity index (χ0v) is 17.3. The Hall–Kier alpha value is -2.94. The molecule has 9 heteroatoms. The standard InChI is InChI=1S/C22H18F3NO4S/c1-31(28,29)19-8-4-7-18(22(23,24)25)16(19)11-14-5-2-3-6-15(14)20(27)17-12-26-30-21(17)13-9-10-13/h2-8,12-13H,9-11H2,1H3. The van der Waals surface area contributed by atoms with Gasteiger partial charge < -0.3 is 4.52 Å². The zero-order chi connectivity index (χ0) is 22.4. The van der Waals surface area contributed by atoms with Crippen LogP contribution in [0.1, 0.15) is 57.1 Å². The number of sulfone groups is 1. The Balaban J connectivity index is 1.82. The van der Waals surface area contributed by atoms with Crippen LogP contribution in [-0.4, -0.2) is 25.6 Å². The van der Waals surface area contributed by atoms with Gasteiger partial charge in [-0.15, -0.1) is 0 Å². The number of nitrogens with zero attached hydrogens (tertiary/aromatic N) is 1. The van der Waals surface area contributed by atoms with Crippen molar-refractivity contribution < 1.29 is 30.9 Å². The van der Waals surface area contributed by atoms with E-state index >= 15 is 0 Å². The van der Waals surface area contributed by atoms with E-state index in [0.29, 0.717) is 5.76 Å². The zero-order valence-electron chi connectivity index (χ0n) is 16.4. The minimum absolute atomic E-state index is 0.122. The summed E-state index contributed by atoms with van der Waals surface area (Å²) in [4.78, 5) is 12.8. The summed E-state index contributed by atoms with van der Waals surface area (Å²) in [5.74, 6) is 0.188. The average Bonchev–Trinajstić information content (AvgIpc) is 3.43. The first-order valence-electron chi connectivity index (χ1n) is 9.53. The topological polar surface area (TPSA) is 77.2 Å². The third-order valence-electron chi connectivity index (χ3n) is 5.26. The van der Waals surface area contributed by atoms with Crippen molar-refractivity contribution in [1.82, 2.24) is 5.16 Å². The number of alkyl halides is 3. The lowest BCUT2D eigenvalue weighted by atomic mass is 9.92. The summed E-state index contributed by atoms with van der Waals surface area (Å²) in [5.41, 5.74) is -0.671. The van der Waals surface area contributed by atoms with Gasteiger partial charge in [0.1, 0.15) is 0 Å². The van der Waals surface area contributed by atoms with Crippen LogP contribution in [0.15, 0.2) is 58.1 Å². The second-order valence-electron chi connectivity index (χ2n) is 7.59. The molecule has 3 aromatic rings. The molecule has 4 rings (SSSR count). The van der Waals surface area contributed by atoms with Gasteiger partial charge in [-0.1, -0.05) is 35.5 Å². The van der Waals surface area contributed by atoms with E-state index < -0.39 is 32.3 Å². The van der Waals surface area contributed by atoms with Gasteiger partial charge in [-0.05, 0) is 36.1 Å². The molecule has 1 heterocycles. The van der Waals surface area contributed by atoms with Crippen molar-refractivity contribution in [3.05, 3.63) is 82.2 Å². The first-order valence-corrected chi connectivity index (χ1v) is 11.4. The predicted molar refractivity (Wildman–Crippen MR) is 106 cm³/mol. The van der Waals surface area contributed by atoms with Gasteiger partial charge in [-0.3, -0.25) is 4.79 Å². The summed E-state index contributed by atoms with van der Waals surface area (Å²) in [6.07, 6.45) is -1.17. The van der Waals surface area contributed by atoms with E-state index in [1.54, 1.807) is 12.1 Å². The van der Waals surface area contributed by atoms with Crippen LogP contribution < -0.4 is 0 Å². The van der Waals surface area contributed by atoms with Gasteiger partial charge in [0.05, 0.1) is 22.2 Å². The van der Waals surface area contributed by atoms with E-state index in [-0.39, 0.29) is 34.6 Å². The fourth-order valence-electron chi connectivity index (χ4n) is 3.65. The second kappa shape index (κ2) is 7.64. The Bertz CT molecular complexity index is 1260. The molecule has 1 aliphatic carbocycles. The van der Waals surface area contributed by atoms with Crippen molar-refractivity contribution in [3.8, 4) is 0 Å². The first-order chi connectivity index (χ1) is 14.6. The molecule has 0 radical (unpaired) electrons. The lowest BCUT2D eigenvalue weighted by molar-refractivity contribution is -0.138. The highest BCUT2D eigenvalue weighted by Crippen LogP contribution is 2.42. The quantitative estimate of drug-likeness (QED) is 0.506. The molecular weight excluding hydrogens is 431 g/mol. The van der Waals surface area contributed by atoms with Crippen LogP contribution in [0.25, 0.3) is 0 Å². The van der Waals surface area contributed by atoms with Crippen LogP contribution in [0.4, 0.5) is 13.2 Å². The SMILES string of the molecule is CS(=O)(=O)c1cccc(C(F)(F)F)c1Cc1ccccc1C(=O)c1cnoc1C1CC1. The molecule has 0 N–H and O–H groups in total. The summed E-state index contributed by atoms with van der Waals surface area (Å²) in [6, 6.07) is 9.30. The number of rotatable bonds is 6. The molecule has 2 aromatic carbocycles. The largest absolute Gasteiger partial charge is 0.416 e.